The van der Waals surface area contributed by atoms with Crippen LogP contribution in [0.1, 0.15) is 53.2 Å². The summed E-state index contributed by atoms with van der Waals surface area (Å²) in [7, 11) is 0. The standard InChI is InChI=1S/C21H22F3NOS/c1-20(2,3)15-10-8-14(9-11-15)18(26)25-12-13-27-19(25)16-6-4-5-7-17(16)21(22,23)24/h4-11,19H,12-13H2,1-3H3. The van der Waals surface area contributed by atoms with E-state index in [-0.39, 0.29) is 16.9 Å². The fourth-order valence-corrected chi connectivity index (χ4v) is 4.48. The number of amides is 1. The predicted molar refractivity (Wildman–Crippen MR) is 103 cm³/mol. The molecule has 2 aromatic carbocycles. The topological polar surface area (TPSA) is 20.3 Å². The first-order valence-corrected chi connectivity index (χ1v) is 9.83. The van der Waals surface area contributed by atoms with Gasteiger partial charge in [0.05, 0.1) is 5.56 Å². The highest BCUT2D eigenvalue weighted by atomic mass is 32.2. The molecule has 1 aliphatic rings. The average Bonchev–Trinajstić information content (AvgIpc) is 3.09. The monoisotopic (exact) mass is 393 g/mol. The Hall–Kier alpha value is -1.95. The molecule has 1 saturated heterocycles. The summed E-state index contributed by atoms with van der Waals surface area (Å²) in [6.07, 6.45) is -4.44. The van der Waals surface area contributed by atoms with Crippen molar-refractivity contribution in [3.63, 3.8) is 0 Å². The van der Waals surface area contributed by atoms with E-state index in [1.54, 1.807) is 23.1 Å². The zero-order valence-electron chi connectivity index (χ0n) is 15.5. The fourth-order valence-electron chi connectivity index (χ4n) is 3.18. The SMILES string of the molecule is CC(C)(C)c1ccc(C(=O)N2CCSC2c2ccccc2C(F)(F)F)cc1. The second-order valence-corrected chi connectivity index (χ2v) is 8.82. The van der Waals surface area contributed by atoms with E-state index >= 15 is 0 Å². The zero-order chi connectivity index (χ0) is 19.8. The lowest BCUT2D eigenvalue weighted by Gasteiger charge is -2.27. The number of halogens is 3. The van der Waals surface area contributed by atoms with Gasteiger partial charge in [0.15, 0.2) is 0 Å². The van der Waals surface area contributed by atoms with Crippen LogP contribution in [0.15, 0.2) is 48.5 Å². The molecule has 1 amide bonds. The molecule has 27 heavy (non-hydrogen) atoms. The van der Waals surface area contributed by atoms with E-state index in [1.807, 2.05) is 12.1 Å². The van der Waals surface area contributed by atoms with Crippen LogP contribution in [0.4, 0.5) is 13.2 Å². The van der Waals surface area contributed by atoms with E-state index in [9.17, 15) is 18.0 Å². The summed E-state index contributed by atoms with van der Waals surface area (Å²) >= 11 is 1.37. The van der Waals surface area contributed by atoms with E-state index in [0.29, 0.717) is 17.9 Å². The number of carbonyl (C=O) groups is 1. The highest BCUT2D eigenvalue weighted by molar-refractivity contribution is 7.99. The van der Waals surface area contributed by atoms with Crippen LogP contribution in [0, 0.1) is 0 Å². The van der Waals surface area contributed by atoms with Crippen LogP contribution in [-0.4, -0.2) is 23.1 Å². The number of benzene rings is 2. The smallest absolute Gasteiger partial charge is 0.322 e. The van der Waals surface area contributed by atoms with E-state index in [4.69, 9.17) is 0 Å². The van der Waals surface area contributed by atoms with Crippen LogP contribution in [-0.2, 0) is 11.6 Å². The fraction of sp³-hybridized carbons (Fsp3) is 0.381. The normalized spacial score (nSPS) is 18.0. The number of thioether (sulfide) groups is 1. The molecule has 0 saturated carbocycles. The molecule has 1 atom stereocenters. The molecule has 0 aromatic heterocycles. The van der Waals surface area contributed by atoms with Crippen LogP contribution >= 0.6 is 11.8 Å². The van der Waals surface area contributed by atoms with Gasteiger partial charge in [0.2, 0.25) is 0 Å². The maximum atomic E-state index is 13.4. The first-order valence-electron chi connectivity index (χ1n) is 8.78. The number of hydrogen-bond donors (Lipinski definition) is 0. The van der Waals surface area contributed by atoms with E-state index < -0.39 is 17.1 Å². The van der Waals surface area contributed by atoms with Gasteiger partial charge in [-0.3, -0.25) is 4.79 Å². The second kappa shape index (κ2) is 7.23. The Balaban J connectivity index is 1.90. The first kappa shape index (κ1) is 19.8. The molecule has 0 aliphatic carbocycles. The minimum Gasteiger partial charge on any atom is -0.322 e. The third kappa shape index (κ3) is 4.15. The van der Waals surface area contributed by atoms with Crippen molar-refractivity contribution >= 4 is 17.7 Å². The molecular formula is C21H22F3NOS. The van der Waals surface area contributed by atoms with Crippen molar-refractivity contribution in [1.82, 2.24) is 4.90 Å². The summed E-state index contributed by atoms with van der Waals surface area (Å²) < 4.78 is 40.2. The summed E-state index contributed by atoms with van der Waals surface area (Å²) in [5.74, 6) is 0.380. The maximum Gasteiger partial charge on any atom is 0.416 e. The Labute approximate surface area is 161 Å². The molecule has 1 unspecified atom stereocenters. The lowest BCUT2D eigenvalue weighted by Crippen LogP contribution is -2.31. The Morgan fingerprint density at radius 2 is 1.67 bits per heavy atom. The molecule has 1 fully saturated rings. The number of hydrogen-bond acceptors (Lipinski definition) is 2. The predicted octanol–water partition coefficient (Wildman–Crippen LogP) is 5.89. The van der Waals surface area contributed by atoms with Gasteiger partial charge in [0.1, 0.15) is 5.37 Å². The summed E-state index contributed by atoms with van der Waals surface area (Å²) in [5.41, 5.74) is 1.05. The molecular weight excluding hydrogens is 371 g/mol. The summed E-state index contributed by atoms with van der Waals surface area (Å²) in [6.45, 7) is 6.70. The quantitative estimate of drug-likeness (QED) is 0.634. The molecule has 2 nitrogen and oxygen atoms in total. The number of carbonyl (C=O) groups excluding carboxylic acids is 1. The van der Waals surface area contributed by atoms with E-state index in [2.05, 4.69) is 20.8 Å². The summed E-state index contributed by atoms with van der Waals surface area (Å²) in [4.78, 5) is 14.5. The van der Waals surface area contributed by atoms with Crippen LogP contribution in [0.5, 0.6) is 0 Å². The molecule has 1 aliphatic heterocycles. The van der Waals surface area contributed by atoms with Crippen LogP contribution in [0.25, 0.3) is 0 Å². The van der Waals surface area contributed by atoms with E-state index in [0.717, 1.165) is 11.6 Å². The largest absolute Gasteiger partial charge is 0.416 e. The van der Waals surface area contributed by atoms with Gasteiger partial charge in [0.25, 0.3) is 5.91 Å². The Bertz CT molecular complexity index is 825. The lowest BCUT2D eigenvalue weighted by molar-refractivity contribution is -0.138. The van der Waals surface area contributed by atoms with Crippen LogP contribution in [0.2, 0.25) is 0 Å². The van der Waals surface area contributed by atoms with Crippen molar-refractivity contribution in [1.29, 1.82) is 0 Å². The minimum atomic E-state index is -4.44. The Morgan fingerprint density at radius 1 is 1.04 bits per heavy atom. The van der Waals surface area contributed by atoms with Crippen molar-refractivity contribution in [3.8, 4) is 0 Å². The van der Waals surface area contributed by atoms with Gasteiger partial charge in [-0.15, -0.1) is 11.8 Å². The van der Waals surface area contributed by atoms with Crippen molar-refractivity contribution in [2.45, 2.75) is 37.7 Å². The second-order valence-electron chi connectivity index (χ2n) is 7.63. The molecule has 144 valence electrons. The summed E-state index contributed by atoms with van der Waals surface area (Å²) in [6, 6.07) is 12.9. The third-order valence-corrected chi connectivity index (χ3v) is 5.92. The number of alkyl halides is 3. The van der Waals surface area contributed by atoms with Crippen molar-refractivity contribution < 1.29 is 18.0 Å². The lowest BCUT2D eigenvalue weighted by atomic mass is 9.86. The minimum absolute atomic E-state index is 0.0285. The molecule has 0 radical (unpaired) electrons. The molecule has 0 spiro atoms. The van der Waals surface area contributed by atoms with Gasteiger partial charge >= 0.3 is 6.18 Å². The van der Waals surface area contributed by atoms with Crippen LogP contribution in [0.3, 0.4) is 0 Å². The Kier molecular flexibility index (Phi) is 5.30. The molecule has 1 heterocycles. The third-order valence-electron chi connectivity index (χ3n) is 4.68. The summed E-state index contributed by atoms with van der Waals surface area (Å²) in [5, 5.41) is -0.627. The highest BCUT2D eigenvalue weighted by Gasteiger charge is 2.39. The molecule has 0 N–H and O–H groups in total. The first-order chi connectivity index (χ1) is 12.6. The number of nitrogens with zero attached hydrogens (tertiary/aromatic N) is 1. The molecule has 0 bridgehead atoms. The molecule has 2 aromatic rings. The average molecular weight is 393 g/mol. The Morgan fingerprint density at radius 3 is 2.26 bits per heavy atom. The zero-order valence-corrected chi connectivity index (χ0v) is 16.3. The van der Waals surface area contributed by atoms with Gasteiger partial charge in [-0.2, -0.15) is 13.2 Å². The maximum absolute atomic E-state index is 13.4. The van der Waals surface area contributed by atoms with Gasteiger partial charge in [-0.25, -0.2) is 0 Å². The van der Waals surface area contributed by atoms with Gasteiger partial charge in [-0.1, -0.05) is 51.1 Å². The molecule has 3 rings (SSSR count). The number of rotatable bonds is 2. The molecule has 6 heteroatoms. The van der Waals surface area contributed by atoms with Crippen molar-refractivity contribution in [2.24, 2.45) is 0 Å². The van der Waals surface area contributed by atoms with Crippen molar-refractivity contribution in [2.75, 3.05) is 12.3 Å². The van der Waals surface area contributed by atoms with Crippen LogP contribution < -0.4 is 0 Å². The van der Waals surface area contributed by atoms with Crippen molar-refractivity contribution in [3.05, 3.63) is 70.8 Å². The van der Waals surface area contributed by atoms with Gasteiger partial charge in [-0.05, 0) is 34.7 Å². The van der Waals surface area contributed by atoms with Gasteiger partial charge < -0.3 is 4.90 Å². The highest BCUT2D eigenvalue weighted by Crippen LogP contribution is 2.44. The van der Waals surface area contributed by atoms with E-state index in [1.165, 1.54) is 23.9 Å². The van der Waals surface area contributed by atoms with Gasteiger partial charge in [0, 0.05) is 17.9 Å².